The smallest absolute Gasteiger partial charge is 0.269 e. The van der Waals surface area contributed by atoms with Crippen LogP contribution in [0.25, 0.3) is 0 Å². The number of carbonyl (C=O) groups excluding carboxylic acids is 1. The summed E-state index contributed by atoms with van der Waals surface area (Å²) in [4.78, 5) is 26.4. The Morgan fingerprint density at radius 2 is 1.38 bits per heavy atom. The molecule has 1 N–H and O–H groups in total. The number of non-ortho nitro benzene ring substituents is 1. The Labute approximate surface area is 186 Å². The lowest BCUT2D eigenvalue weighted by Gasteiger charge is -2.35. The number of hydrogen-bond acceptors (Lipinski definition) is 5. The summed E-state index contributed by atoms with van der Waals surface area (Å²) in [5, 5.41) is 14.3. The molecule has 0 spiro atoms. The highest BCUT2D eigenvalue weighted by molar-refractivity contribution is 5.84. The topological polar surface area (TPSA) is 84.7 Å². The summed E-state index contributed by atoms with van der Waals surface area (Å²) in [6.45, 7) is 2.29. The molecular formula is C25H25N3O4. The van der Waals surface area contributed by atoms with Crippen LogP contribution in [0.5, 0.6) is 0 Å². The molecule has 3 aromatic rings. The van der Waals surface area contributed by atoms with Crippen molar-refractivity contribution in [2.45, 2.75) is 12.1 Å². The molecule has 1 heterocycles. The maximum atomic E-state index is 13.7. The second-order valence-electron chi connectivity index (χ2n) is 7.66. The first-order valence-electron chi connectivity index (χ1n) is 10.6. The maximum absolute atomic E-state index is 13.7. The van der Waals surface area contributed by atoms with Crippen LogP contribution in [0.1, 0.15) is 28.8 Å². The van der Waals surface area contributed by atoms with Gasteiger partial charge in [-0.25, -0.2) is 0 Å². The zero-order valence-electron chi connectivity index (χ0n) is 17.6. The molecule has 0 aromatic heterocycles. The van der Waals surface area contributed by atoms with Crippen molar-refractivity contribution >= 4 is 11.6 Å². The van der Waals surface area contributed by atoms with Gasteiger partial charge in [-0.1, -0.05) is 72.8 Å². The zero-order valence-corrected chi connectivity index (χ0v) is 17.6. The van der Waals surface area contributed by atoms with Gasteiger partial charge in [0.25, 0.3) is 5.69 Å². The molecule has 0 saturated carbocycles. The third-order valence-corrected chi connectivity index (χ3v) is 5.63. The van der Waals surface area contributed by atoms with Crippen molar-refractivity contribution in [1.29, 1.82) is 0 Å². The van der Waals surface area contributed by atoms with E-state index in [2.05, 4.69) is 10.2 Å². The van der Waals surface area contributed by atoms with E-state index in [4.69, 9.17) is 4.74 Å². The van der Waals surface area contributed by atoms with Crippen LogP contribution < -0.4 is 5.32 Å². The fraction of sp³-hybridized carbons (Fsp3) is 0.240. The summed E-state index contributed by atoms with van der Waals surface area (Å²) in [6.07, 6.45) is 0. The lowest BCUT2D eigenvalue weighted by atomic mass is 9.97. The highest BCUT2D eigenvalue weighted by atomic mass is 16.6. The molecule has 7 heteroatoms. The Hall–Kier alpha value is -3.55. The van der Waals surface area contributed by atoms with Gasteiger partial charge in [-0.2, -0.15) is 0 Å². The van der Waals surface area contributed by atoms with Crippen LogP contribution >= 0.6 is 0 Å². The fourth-order valence-electron chi connectivity index (χ4n) is 4.01. The Balaban J connectivity index is 1.66. The molecule has 1 unspecified atom stereocenters. The molecule has 0 bridgehead atoms. The van der Waals surface area contributed by atoms with Gasteiger partial charge in [0.2, 0.25) is 5.91 Å². The third-order valence-electron chi connectivity index (χ3n) is 5.63. The van der Waals surface area contributed by atoms with Gasteiger partial charge in [-0.3, -0.25) is 19.8 Å². The van der Waals surface area contributed by atoms with Gasteiger partial charge in [0.05, 0.1) is 24.2 Å². The Morgan fingerprint density at radius 1 is 0.844 bits per heavy atom. The normalized spacial score (nSPS) is 15.3. The van der Waals surface area contributed by atoms with Gasteiger partial charge < -0.3 is 10.1 Å². The molecule has 0 radical (unpaired) electrons. The predicted octanol–water partition coefficient (Wildman–Crippen LogP) is 3.87. The van der Waals surface area contributed by atoms with E-state index in [0.717, 1.165) is 16.7 Å². The lowest BCUT2D eigenvalue weighted by Crippen LogP contribution is -2.46. The highest BCUT2D eigenvalue weighted by Crippen LogP contribution is 2.28. The quantitative estimate of drug-likeness (QED) is 0.453. The first kappa shape index (κ1) is 21.7. The average molecular weight is 431 g/mol. The van der Waals surface area contributed by atoms with E-state index < -0.39 is 11.0 Å². The van der Waals surface area contributed by atoms with E-state index >= 15 is 0 Å². The summed E-state index contributed by atoms with van der Waals surface area (Å²) in [7, 11) is 0. The maximum Gasteiger partial charge on any atom is 0.269 e. The van der Waals surface area contributed by atoms with Crippen LogP contribution in [0.2, 0.25) is 0 Å². The molecule has 3 aromatic carbocycles. The standard InChI is InChI=1S/C25H25N3O4/c29-25(26-23(19-7-3-1-4-8-19)20-9-5-2-6-10-20)24(27-15-17-32-18-16-27)21-11-13-22(14-12-21)28(30)31/h1-14,23-24H,15-18H2,(H,26,29). The Morgan fingerprint density at radius 3 is 1.88 bits per heavy atom. The lowest BCUT2D eigenvalue weighted by molar-refractivity contribution is -0.384. The molecule has 1 aliphatic rings. The molecule has 0 aliphatic carbocycles. The fourth-order valence-corrected chi connectivity index (χ4v) is 4.01. The van der Waals surface area contributed by atoms with Crippen molar-refractivity contribution < 1.29 is 14.5 Å². The summed E-state index contributed by atoms with van der Waals surface area (Å²) >= 11 is 0. The minimum absolute atomic E-state index is 0.00123. The molecule has 1 fully saturated rings. The first-order chi connectivity index (χ1) is 15.6. The van der Waals surface area contributed by atoms with Crippen LogP contribution in [0.15, 0.2) is 84.9 Å². The van der Waals surface area contributed by atoms with Gasteiger partial charge in [0, 0.05) is 25.2 Å². The number of amides is 1. The van der Waals surface area contributed by atoms with E-state index in [-0.39, 0.29) is 17.6 Å². The number of benzene rings is 3. The van der Waals surface area contributed by atoms with E-state index in [1.54, 1.807) is 12.1 Å². The van der Waals surface area contributed by atoms with Crippen LogP contribution in [-0.2, 0) is 9.53 Å². The van der Waals surface area contributed by atoms with Crippen molar-refractivity contribution in [2.24, 2.45) is 0 Å². The molecule has 1 saturated heterocycles. The third kappa shape index (κ3) is 5.01. The molecular weight excluding hydrogens is 406 g/mol. The number of rotatable bonds is 7. The van der Waals surface area contributed by atoms with E-state index in [0.29, 0.717) is 26.3 Å². The predicted molar refractivity (Wildman–Crippen MR) is 121 cm³/mol. The molecule has 164 valence electrons. The van der Waals surface area contributed by atoms with E-state index in [1.165, 1.54) is 12.1 Å². The number of nitro benzene ring substituents is 1. The largest absolute Gasteiger partial charge is 0.379 e. The number of nitro groups is 1. The van der Waals surface area contributed by atoms with Gasteiger partial charge >= 0.3 is 0 Å². The molecule has 1 amide bonds. The van der Waals surface area contributed by atoms with Gasteiger partial charge in [0.1, 0.15) is 6.04 Å². The van der Waals surface area contributed by atoms with E-state index in [9.17, 15) is 14.9 Å². The average Bonchev–Trinajstić information content (AvgIpc) is 2.85. The van der Waals surface area contributed by atoms with Crippen molar-refractivity contribution in [3.05, 3.63) is 112 Å². The summed E-state index contributed by atoms with van der Waals surface area (Å²) < 4.78 is 5.47. The zero-order chi connectivity index (χ0) is 22.3. The van der Waals surface area contributed by atoms with Crippen LogP contribution in [0.4, 0.5) is 5.69 Å². The van der Waals surface area contributed by atoms with Crippen molar-refractivity contribution in [3.8, 4) is 0 Å². The number of ether oxygens (including phenoxy) is 1. The number of nitrogens with zero attached hydrogens (tertiary/aromatic N) is 2. The summed E-state index contributed by atoms with van der Waals surface area (Å²) in [5.41, 5.74) is 2.68. The molecule has 7 nitrogen and oxygen atoms in total. The summed E-state index contributed by atoms with van der Waals surface area (Å²) in [6, 6.07) is 25.0. The Kier molecular flexibility index (Phi) is 6.89. The molecule has 32 heavy (non-hydrogen) atoms. The van der Waals surface area contributed by atoms with Gasteiger partial charge in [0.15, 0.2) is 0 Å². The second-order valence-corrected chi connectivity index (χ2v) is 7.66. The van der Waals surface area contributed by atoms with E-state index in [1.807, 2.05) is 60.7 Å². The summed E-state index contributed by atoms with van der Waals surface area (Å²) in [5.74, 6) is -0.154. The highest BCUT2D eigenvalue weighted by Gasteiger charge is 2.31. The van der Waals surface area contributed by atoms with Crippen molar-refractivity contribution in [1.82, 2.24) is 10.2 Å². The van der Waals surface area contributed by atoms with Crippen LogP contribution in [-0.4, -0.2) is 42.0 Å². The first-order valence-corrected chi connectivity index (χ1v) is 10.6. The van der Waals surface area contributed by atoms with Crippen molar-refractivity contribution in [3.63, 3.8) is 0 Å². The van der Waals surface area contributed by atoms with Crippen LogP contribution in [0, 0.1) is 10.1 Å². The number of morpholine rings is 1. The van der Waals surface area contributed by atoms with Gasteiger partial charge in [-0.15, -0.1) is 0 Å². The number of carbonyl (C=O) groups is 1. The Bertz CT molecular complexity index is 996. The molecule has 1 atom stereocenters. The minimum atomic E-state index is -0.574. The number of hydrogen-bond donors (Lipinski definition) is 1. The van der Waals surface area contributed by atoms with Crippen molar-refractivity contribution in [2.75, 3.05) is 26.3 Å². The second kappa shape index (κ2) is 10.2. The monoisotopic (exact) mass is 431 g/mol. The SMILES string of the molecule is O=C(NC(c1ccccc1)c1ccccc1)C(c1ccc([N+](=O)[O-])cc1)N1CCOCC1. The van der Waals surface area contributed by atoms with Crippen LogP contribution in [0.3, 0.4) is 0 Å². The molecule has 4 rings (SSSR count). The minimum Gasteiger partial charge on any atom is -0.379 e. The number of nitrogens with one attached hydrogen (secondary N) is 1. The molecule has 1 aliphatic heterocycles. The van der Waals surface area contributed by atoms with Gasteiger partial charge in [-0.05, 0) is 16.7 Å².